The summed E-state index contributed by atoms with van der Waals surface area (Å²) in [6.07, 6.45) is 0. The minimum Gasteiger partial charge on any atom is -0.494 e. The molecule has 0 fully saturated rings. The van der Waals surface area contributed by atoms with Gasteiger partial charge in [-0.2, -0.15) is 0 Å². The van der Waals surface area contributed by atoms with E-state index in [9.17, 15) is 9.59 Å². The molecule has 4 aromatic rings. The molecule has 2 aromatic heterocycles. The molecule has 0 radical (unpaired) electrons. The van der Waals surface area contributed by atoms with Crippen molar-refractivity contribution in [3.05, 3.63) is 99.0 Å². The Bertz CT molecular complexity index is 1420. The quantitative estimate of drug-likeness (QED) is 0.462. The maximum atomic E-state index is 13.7. The minimum absolute atomic E-state index is 0.0569. The second kappa shape index (κ2) is 7.64. The van der Waals surface area contributed by atoms with Crippen LogP contribution < -0.4 is 15.1 Å². The Hall–Kier alpha value is -3.93. The molecule has 0 bridgehead atoms. The number of carbonyl (C=O) groups excluding carboxylic acids is 1. The lowest BCUT2D eigenvalue weighted by molar-refractivity contribution is 0.0970. The van der Waals surface area contributed by atoms with Crippen LogP contribution in [0.25, 0.3) is 11.0 Å². The number of fused-ring (bicyclic) bond motifs is 2. The number of pyridine rings is 1. The van der Waals surface area contributed by atoms with Crippen molar-refractivity contribution in [1.29, 1.82) is 0 Å². The molecule has 3 heterocycles. The van der Waals surface area contributed by atoms with Gasteiger partial charge in [0.1, 0.15) is 17.2 Å². The Morgan fingerprint density at radius 3 is 2.62 bits per heavy atom. The van der Waals surface area contributed by atoms with Crippen LogP contribution in [0.5, 0.6) is 5.75 Å². The van der Waals surface area contributed by atoms with E-state index in [2.05, 4.69) is 4.98 Å². The van der Waals surface area contributed by atoms with E-state index in [1.807, 2.05) is 63.2 Å². The summed E-state index contributed by atoms with van der Waals surface area (Å²) < 4.78 is 11.7. The average Bonchev–Trinajstić information content (AvgIpc) is 3.07. The number of aromatic nitrogens is 1. The third-order valence-electron chi connectivity index (χ3n) is 5.63. The van der Waals surface area contributed by atoms with Crippen molar-refractivity contribution in [1.82, 2.24) is 4.98 Å². The van der Waals surface area contributed by atoms with E-state index in [1.54, 1.807) is 23.1 Å². The maximum Gasteiger partial charge on any atom is 0.296 e. The molecule has 0 saturated carbocycles. The number of aryl methyl sites for hydroxylation is 2. The molecule has 0 saturated heterocycles. The largest absolute Gasteiger partial charge is 0.494 e. The van der Waals surface area contributed by atoms with Gasteiger partial charge >= 0.3 is 0 Å². The zero-order valence-corrected chi connectivity index (χ0v) is 18.1. The molecule has 0 spiro atoms. The van der Waals surface area contributed by atoms with Crippen molar-refractivity contribution in [2.24, 2.45) is 0 Å². The molecule has 1 unspecified atom stereocenters. The molecule has 1 amide bonds. The van der Waals surface area contributed by atoms with Crippen LogP contribution in [0.15, 0.2) is 69.9 Å². The number of amides is 1. The lowest BCUT2D eigenvalue weighted by Crippen LogP contribution is -2.30. The van der Waals surface area contributed by atoms with Crippen LogP contribution in [0.4, 0.5) is 5.82 Å². The minimum atomic E-state index is -0.673. The van der Waals surface area contributed by atoms with Crippen LogP contribution in [0, 0.1) is 13.8 Å². The Balaban J connectivity index is 1.80. The van der Waals surface area contributed by atoms with E-state index in [0.29, 0.717) is 34.7 Å². The van der Waals surface area contributed by atoms with E-state index in [1.165, 1.54) is 0 Å². The van der Waals surface area contributed by atoms with Gasteiger partial charge in [-0.3, -0.25) is 14.5 Å². The molecule has 1 aliphatic rings. The molecular formula is C26H22N2O4. The average molecular weight is 426 g/mol. The van der Waals surface area contributed by atoms with Gasteiger partial charge in [-0.05, 0) is 62.7 Å². The van der Waals surface area contributed by atoms with Crippen molar-refractivity contribution < 1.29 is 13.9 Å². The zero-order valence-electron chi connectivity index (χ0n) is 18.1. The monoisotopic (exact) mass is 426 g/mol. The van der Waals surface area contributed by atoms with Crippen molar-refractivity contribution in [2.45, 2.75) is 26.8 Å². The van der Waals surface area contributed by atoms with E-state index >= 15 is 0 Å². The molecule has 1 aliphatic heterocycles. The fourth-order valence-electron chi connectivity index (χ4n) is 4.24. The Labute approximate surface area is 185 Å². The summed E-state index contributed by atoms with van der Waals surface area (Å²) in [4.78, 5) is 33.4. The fraction of sp³-hybridized carbons (Fsp3) is 0.192. The zero-order chi connectivity index (χ0) is 22.4. The van der Waals surface area contributed by atoms with Crippen LogP contribution in [0.3, 0.4) is 0 Å². The second-order valence-electron chi connectivity index (χ2n) is 7.89. The predicted octanol–water partition coefficient (Wildman–Crippen LogP) is 4.95. The van der Waals surface area contributed by atoms with Gasteiger partial charge in [-0.25, -0.2) is 4.98 Å². The lowest BCUT2D eigenvalue weighted by Gasteiger charge is -2.24. The summed E-state index contributed by atoms with van der Waals surface area (Å²) in [6, 6.07) is 17.7. The highest BCUT2D eigenvalue weighted by Crippen LogP contribution is 2.41. The highest BCUT2D eigenvalue weighted by atomic mass is 16.5. The number of hydrogen-bond donors (Lipinski definition) is 0. The van der Waals surface area contributed by atoms with Crippen LogP contribution in [0.2, 0.25) is 0 Å². The van der Waals surface area contributed by atoms with Crippen molar-refractivity contribution in [3.8, 4) is 5.75 Å². The third kappa shape index (κ3) is 3.15. The number of anilines is 1. The van der Waals surface area contributed by atoms with Crippen molar-refractivity contribution in [3.63, 3.8) is 0 Å². The van der Waals surface area contributed by atoms with Crippen LogP contribution in [-0.4, -0.2) is 17.5 Å². The lowest BCUT2D eigenvalue weighted by atomic mass is 9.98. The first-order valence-corrected chi connectivity index (χ1v) is 10.5. The van der Waals surface area contributed by atoms with E-state index in [4.69, 9.17) is 9.15 Å². The molecule has 2 aromatic carbocycles. The molecule has 1 atom stereocenters. The molecule has 0 aliphatic carbocycles. The van der Waals surface area contributed by atoms with Gasteiger partial charge in [0.15, 0.2) is 5.43 Å². The number of rotatable bonds is 4. The van der Waals surface area contributed by atoms with Gasteiger partial charge < -0.3 is 9.15 Å². The Morgan fingerprint density at radius 1 is 1.03 bits per heavy atom. The molecule has 6 heteroatoms. The molecule has 5 rings (SSSR count). The number of benzene rings is 2. The van der Waals surface area contributed by atoms with Gasteiger partial charge in [-0.15, -0.1) is 0 Å². The maximum absolute atomic E-state index is 13.7. The van der Waals surface area contributed by atoms with Gasteiger partial charge in [0.25, 0.3) is 5.91 Å². The first kappa shape index (κ1) is 20.0. The fourth-order valence-corrected chi connectivity index (χ4v) is 4.24. The standard InChI is InChI=1S/C26H22N2O4/c1-4-31-18-9-6-8-17(14-18)23-22-24(29)19-13-15(2)11-12-20(19)32-25(22)26(30)28(23)21-10-5-7-16(3)27-21/h5-14,23H,4H2,1-3H3. The first-order valence-electron chi connectivity index (χ1n) is 10.5. The van der Waals surface area contributed by atoms with E-state index < -0.39 is 6.04 Å². The Kier molecular flexibility index (Phi) is 4.78. The summed E-state index contributed by atoms with van der Waals surface area (Å²) in [6.45, 7) is 6.21. The van der Waals surface area contributed by atoms with Crippen LogP contribution in [0.1, 0.15) is 45.9 Å². The van der Waals surface area contributed by atoms with Gasteiger partial charge in [-0.1, -0.05) is 29.8 Å². The highest BCUT2D eigenvalue weighted by Gasteiger charge is 2.44. The van der Waals surface area contributed by atoms with E-state index in [-0.39, 0.29) is 17.1 Å². The molecule has 160 valence electrons. The highest BCUT2D eigenvalue weighted by molar-refractivity contribution is 6.10. The van der Waals surface area contributed by atoms with Gasteiger partial charge in [0.2, 0.25) is 5.76 Å². The van der Waals surface area contributed by atoms with Crippen LogP contribution >= 0.6 is 0 Å². The summed E-state index contributed by atoms with van der Waals surface area (Å²) >= 11 is 0. The number of ether oxygens (including phenoxy) is 1. The van der Waals surface area contributed by atoms with Gasteiger partial charge in [0, 0.05) is 5.69 Å². The van der Waals surface area contributed by atoms with Crippen molar-refractivity contribution >= 4 is 22.7 Å². The second-order valence-corrected chi connectivity index (χ2v) is 7.89. The number of nitrogens with zero attached hydrogens (tertiary/aromatic N) is 2. The summed E-state index contributed by atoms with van der Waals surface area (Å²) in [5.41, 5.74) is 2.99. The van der Waals surface area contributed by atoms with Crippen LogP contribution in [-0.2, 0) is 0 Å². The normalized spacial score (nSPS) is 15.3. The summed E-state index contributed by atoms with van der Waals surface area (Å²) in [7, 11) is 0. The Morgan fingerprint density at radius 2 is 1.84 bits per heavy atom. The van der Waals surface area contributed by atoms with Crippen molar-refractivity contribution in [2.75, 3.05) is 11.5 Å². The topological polar surface area (TPSA) is 72.6 Å². The molecular weight excluding hydrogens is 404 g/mol. The predicted molar refractivity (Wildman–Crippen MR) is 122 cm³/mol. The number of carbonyl (C=O) groups is 1. The summed E-state index contributed by atoms with van der Waals surface area (Å²) in [5.74, 6) is 0.808. The number of hydrogen-bond acceptors (Lipinski definition) is 5. The first-order chi connectivity index (χ1) is 15.5. The smallest absolute Gasteiger partial charge is 0.296 e. The molecule has 6 nitrogen and oxygen atoms in total. The van der Waals surface area contributed by atoms with E-state index in [0.717, 1.165) is 16.8 Å². The summed E-state index contributed by atoms with van der Waals surface area (Å²) in [5, 5.41) is 0.460. The van der Waals surface area contributed by atoms with Gasteiger partial charge in [0.05, 0.1) is 23.6 Å². The molecule has 0 N–H and O–H groups in total. The SMILES string of the molecule is CCOc1cccc(C2c3c(oc4ccc(C)cc4c3=O)C(=O)N2c2cccc(C)n2)c1. The third-order valence-corrected chi connectivity index (χ3v) is 5.63. The molecule has 32 heavy (non-hydrogen) atoms.